The molecule has 3 rings (SSSR count). The third-order valence-corrected chi connectivity index (χ3v) is 4.46. The highest BCUT2D eigenvalue weighted by atomic mass is 16.5. The molecular weight excluding hydrogens is 212 g/mol. The van der Waals surface area contributed by atoms with Gasteiger partial charge in [-0.1, -0.05) is 56.3 Å². The molecule has 0 spiro atoms. The van der Waals surface area contributed by atoms with Gasteiger partial charge in [-0.05, 0) is 11.0 Å². The Morgan fingerprint density at radius 1 is 1.29 bits per heavy atom. The van der Waals surface area contributed by atoms with Crippen molar-refractivity contribution in [3.05, 3.63) is 42.0 Å². The number of hydrogen-bond donors (Lipinski definition) is 0. The summed E-state index contributed by atoms with van der Waals surface area (Å²) in [5.41, 5.74) is 0.805. The Bertz CT molecular complexity index is 487. The van der Waals surface area contributed by atoms with Gasteiger partial charge in [-0.3, -0.25) is 4.79 Å². The van der Waals surface area contributed by atoms with Crippen LogP contribution in [0.1, 0.15) is 19.4 Å². The minimum absolute atomic E-state index is 0.0492. The minimum Gasteiger partial charge on any atom is -0.465 e. The number of rotatable bonds is 2. The summed E-state index contributed by atoms with van der Waals surface area (Å²) in [6.45, 7) is 4.87. The van der Waals surface area contributed by atoms with E-state index in [2.05, 4.69) is 13.8 Å². The van der Waals surface area contributed by atoms with Crippen LogP contribution in [0.2, 0.25) is 0 Å². The number of fused-ring (bicyclic) bond motifs is 1. The average Bonchev–Trinajstić information content (AvgIpc) is 2.62. The number of benzene rings is 1. The molecule has 88 valence electrons. The standard InChI is InChI=1S/C15H16O2/c1-14(2)12-10-17-13(16)15(12,14)9-8-11-6-4-3-5-7-11/h3-9,12H,10H2,1-2H3/b9-8+/t12-,15+/m1/s1. The molecule has 1 aromatic carbocycles. The molecule has 17 heavy (non-hydrogen) atoms. The van der Waals surface area contributed by atoms with Gasteiger partial charge in [-0.25, -0.2) is 0 Å². The third kappa shape index (κ3) is 1.24. The quantitative estimate of drug-likeness (QED) is 0.727. The second kappa shape index (κ2) is 3.22. The number of carbonyl (C=O) groups excluding carboxylic acids is 1. The molecule has 1 aliphatic heterocycles. The van der Waals surface area contributed by atoms with Gasteiger partial charge in [0, 0.05) is 5.92 Å². The Morgan fingerprint density at radius 2 is 2.00 bits per heavy atom. The van der Waals surface area contributed by atoms with E-state index in [0.717, 1.165) is 5.56 Å². The number of hydrogen-bond acceptors (Lipinski definition) is 2. The molecule has 1 saturated heterocycles. The Balaban J connectivity index is 1.91. The molecule has 1 aromatic rings. The predicted octanol–water partition coefficient (Wildman–Crippen LogP) is 2.90. The molecule has 0 aromatic heterocycles. The van der Waals surface area contributed by atoms with Gasteiger partial charge >= 0.3 is 5.97 Å². The number of carbonyl (C=O) groups is 1. The van der Waals surface area contributed by atoms with Gasteiger partial charge in [0.2, 0.25) is 0 Å². The lowest BCUT2D eigenvalue weighted by molar-refractivity contribution is -0.145. The number of ether oxygens (including phenoxy) is 1. The van der Waals surface area contributed by atoms with Gasteiger partial charge in [-0.2, -0.15) is 0 Å². The zero-order valence-electron chi connectivity index (χ0n) is 10.1. The SMILES string of the molecule is CC1(C)[C@H]2COC(=O)[C@]21/C=C/c1ccccc1. The highest BCUT2D eigenvalue weighted by molar-refractivity contribution is 5.89. The predicted molar refractivity (Wildman–Crippen MR) is 66.1 cm³/mol. The van der Waals surface area contributed by atoms with Gasteiger partial charge in [0.05, 0.1) is 12.0 Å². The zero-order chi connectivity index (χ0) is 12.1. The Hall–Kier alpha value is -1.57. The van der Waals surface area contributed by atoms with Crippen LogP contribution in [-0.4, -0.2) is 12.6 Å². The van der Waals surface area contributed by atoms with Crippen molar-refractivity contribution in [1.29, 1.82) is 0 Å². The minimum atomic E-state index is -0.372. The fraction of sp³-hybridized carbons (Fsp3) is 0.400. The second-order valence-electron chi connectivity index (χ2n) is 5.49. The first-order valence-electron chi connectivity index (χ1n) is 6.00. The van der Waals surface area contributed by atoms with Crippen molar-refractivity contribution >= 4 is 12.0 Å². The summed E-state index contributed by atoms with van der Waals surface area (Å²) in [7, 11) is 0. The molecule has 2 nitrogen and oxygen atoms in total. The third-order valence-electron chi connectivity index (χ3n) is 4.46. The molecule has 0 radical (unpaired) electrons. The number of esters is 1. The second-order valence-corrected chi connectivity index (χ2v) is 5.49. The molecule has 0 N–H and O–H groups in total. The van der Waals surface area contributed by atoms with Crippen molar-refractivity contribution in [2.24, 2.45) is 16.7 Å². The monoisotopic (exact) mass is 228 g/mol. The van der Waals surface area contributed by atoms with E-state index in [1.807, 2.05) is 42.5 Å². The van der Waals surface area contributed by atoms with Gasteiger partial charge in [0.25, 0.3) is 0 Å². The summed E-state index contributed by atoms with van der Waals surface area (Å²) < 4.78 is 5.15. The maximum Gasteiger partial charge on any atom is 0.316 e. The summed E-state index contributed by atoms with van der Waals surface area (Å²) in [6, 6.07) is 10.1. The fourth-order valence-electron chi connectivity index (χ4n) is 3.12. The summed E-state index contributed by atoms with van der Waals surface area (Å²) in [5, 5.41) is 0. The van der Waals surface area contributed by atoms with Crippen LogP contribution in [-0.2, 0) is 9.53 Å². The van der Waals surface area contributed by atoms with Crippen molar-refractivity contribution in [3.63, 3.8) is 0 Å². The van der Waals surface area contributed by atoms with Crippen LogP contribution in [0.5, 0.6) is 0 Å². The first kappa shape index (κ1) is 10.6. The van der Waals surface area contributed by atoms with Crippen molar-refractivity contribution in [2.45, 2.75) is 13.8 Å². The molecule has 1 heterocycles. The van der Waals surface area contributed by atoms with Crippen LogP contribution in [0.4, 0.5) is 0 Å². The van der Waals surface area contributed by atoms with Crippen LogP contribution < -0.4 is 0 Å². The maximum absolute atomic E-state index is 11.9. The van der Waals surface area contributed by atoms with Crippen molar-refractivity contribution in [1.82, 2.24) is 0 Å². The molecule has 2 atom stereocenters. The lowest BCUT2D eigenvalue weighted by atomic mass is 9.95. The Morgan fingerprint density at radius 3 is 2.59 bits per heavy atom. The molecule has 2 fully saturated rings. The van der Waals surface area contributed by atoms with E-state index >= 15 is 0 Å². The topological polar surface area (TPSA) is 26.3 Å². The van der Waals surface area contributed by atoms with E-state index in [1.165, 1.54) is 0 Å². The lowest BCUT2D eigenvalue weighted by Gasteiger charge is -2.13. The summed E-state index contributed by atoms with van der Waals surface area (Å²) in [6.07, 6.45) is 4.08. The smallest absolute Gasteiger partial charge is 0.316 e. The molecule has 0 unspecified atom stereocenters. The van der Waals surface area contributed by atoms with Gasteiger partial charge in [0.1, 0.15) is 0 Å². The Kier molecular flexibility index (Phi) is 2.00. The van der Waals surface area contributed by atoms with Crippen molar-refractivity contribution < 1.29 is 9.53 Å². The highest BCUT2D eigenvalue weighted by Crippen LogP contribution is 2.73. The summed E-state index contributed by atoms with van der Waals surface area (Å²) >= 11 is 0. The molecule has 1 aliphatic carbocycles. The van der Waals surface area contributed by atoms with E-state index in [1.54, 1.807) is 0 Å². The van der Waals surface area contributed by atoms with Crippen LogP contribution in [0.15, 0.2) is 36.4 Å². The van der Waals surface area contributed by atoms with Gasteiger partial charge in [-0.15, -0.1) is 0 Å². The molecule has 1 saturated carbocycles. The summed E-state index contributed by atoms with van der Waals surface area (Å²) in [5.74, 6) is 0.294. The van der Waals surface area contributed by atoms with E-state index in [-0.39, 0.29) is 16.8 Å². The van der Waals surface area contributed by atoms with Crippen molar-refractivity contribution in [2.75, 3.05) is 6.61 Å². The van der Waals surface area contributed by atoms with Crippen LogP contribution in [0.3, 0.4) is 0 Å². The molecule has 2 aliphatic rings. The van der Waals surface area contributed by atoms with Crippen LogP contribution in [0.25, 0.3) is 6.08 Å². The summed E-state index contributed by atoms with van der Waals surface area (Å²) in [4.78, 5) is 11.9. The van der Waals surface area contributed by atoms with E-state index < -0.39 is 0 Å². The molecular formula is C15H16O2. The molecule has 0 amide bonds. The number of cyclic esters (lactones) is 1. The first-order valence-corrected chi connectivity index (χ1v) is 6.00. The van der Waals surface area contributed by atoms with E-state index in [0.29, 0.717) is 12.5 Å². The van der Waals surface area contributed by atoms with Gasteiger partial charge < -0.3 is 4.74 Å². The zero-order valence-corrected chi connectivity index (χ0v) is 10.1. The Labute approximate surface area is 101 Å². The highest BCUT2D eigenvalue weighted by Gasteiger charge is 2.78. The average molecular weight is 228 g/mol. The van der Waals surface area contributed by atoms with Crippen molar-refractivity contribution in [3.8, 4) is 0 Å². The first-order chi connectivity index (χ1) is 8.09. The van der Waals surface area contributed by atoms with E-state index in [9.17, 15) is 4.79 Å². The van der Waals surface area contributed by atoms with E-state index in [4.69, 9.17) is 4.74 Å². The normalized spacial score (nSPS) is 33.5. The largest absolute Gasteiger partial charge is 0.465 e. The maximum atomic E-state index is 11.9. The molecule has 2 heteroatoms. The lowest BCUT2D eigenvalue weighted by Crippen LogP contribution is -2.19. The van der Waals surface area contributed by atoms with Gasteiger partial charge in [0.15, 0.2) is 0 Å². The molecule has 0 bridgehead atoms. The fourth-order valence-corrected chi connectivity index (χ4v) is 3.12. The van der Waals surface area contributed by atoms with Crippen LogP contribution >= 0.6 is 0 Å². The van der Waals surface area contributed by atoms with Crippen LogP contribution in [0, 0.1) is 16.7 Å².